The molecular formula is C20H12MnN2O7S2. The summed E-state index contributed by atoms with van der Waals surface area (Å²) in [5.41, 5.74) is -0.181. The van der Waals surface area contributed by atoms with E-state index in [0.717, 1.165) is 23.6 Å². The normalized spacial score (nSPS) is 12.3. The molecule has 4 aromatic carbocycles. The Hall–Kier alpha value is -2.86. The van der Waals surface area contributed by atoms with Crippen LogP contribution in [0.1, 0.15) is 0 Å². The quantitative estimate of drug-likeness (QED) is 0.249. The maximum Gasteiger partial charge on any atom is 2.00 e. The van der Waals surface area contributed by atoms with Crippen molar-refractivity contribution in [3.63, 3.8) is 0 Å². The number of nitrogens with zero attached hydrogens (tertiary/aromatic N) is 2. The summed E-state index contributed by atoms with van der Waals surface area (Å²) in [7, 11) is -9.76. The molecule has 0 bridgehead atoms. The first-order chi connectivity index (χ1) is 14.6. The number of azo groups is 1. The fraction of sp³-hybridized carbons (Fsp3) is 0. The van der Waals surface area contributed by atoms with Gasteiger partial charge in [0.25, 0.3) is 10.1 Å². The van der Waals surface area contributed by atoms with Gasteiger partial charge in [-0.15, -0.1) is 0 Å². The van der Waals surface area contributed by atoms with Gasteiger partial charge in [0, 0.05) is 16.2 Å². The van der Waals surface area contributed by atoms with Crippen molar-refractivity contribution in [2.75, 3.05) is 0 Å². The zero-order chi connectivity index (χ0) is 22.4. The summed E-state index contributed by atoms with van der Waals surface area (Å²) in [5, 5.41) is 20.9. The SMILES string of the molecule is O=S(=O)([O-])c1cccc2c(S(=O)(=O)O)cc(N=Nc3c([O-])ccc4ccccc34)cc12.[Mn+2]. The average molecular weight is 511 g/mol. The van der Waals surface area contributed by atoms with Gasteiger partial charge in [-0.05, 0) is 23.6 Å². The Kier molecular flexibility index (Phi) is 6.38. The summed E-state index contributed by atoms with van der Waals surface area (Å²) in [6.45, 7) is 0. The van der Waals surface area contributed by atoms with Crippen molar-refractivity contribution in [1.29, 1.82) is 0 Å². The zero-order valence-corrected chi connectivity index (χ0v) is 18.6. The van der Waals surface area contributed by atoms with Crippen molar-refractivity contribution in [3.05, 3.63) is 66.7 Å². The molecule has 0 atom stereocenters. The first-order valence-electron chi connectivity index (χ1n) is 8.66. The molecule has 0 saturated heterocycles. The van der Waals surface area contributed by atoms with Crippen molar-refractivity contribution >= 4 is 53.2 Å². The number of hydrogen-bond acceptors (Lipinski definition) is 8. The maximum absolute atomic E-state index is 12.3. The molecule has 163 valence electrons. The van der Waals surface area contributed by atoms with Gasteiger partial charge >= 0.3 is 17.1 Å². The molecule has 0 spiro atoms. The van der Waals surface area contributed by atoms with Crippen LogP contribution < -0.4 is 5.11 Å². The molecule has 4 aromatic rings. The third-order valence-corrected chi connectivity index (χ3v) is 6.37. The van der Waals surface area contributed by atoms with Crippen molar-refractivity contribution in [3.8, 4) is 5.75 Å². The second-order valence-electron chi connectivity index (χ2n) is 6.56. The van der Waals surface area contributed by atoms with Gasteiger partial charge in [-0.1, -0.05) is 54.3 Å². The zero-order valence-electron chi connectivity index (χ0n) is 15.8. The first kappa shape index (κ1) is 23.8. The third kappa shape index (κ3) is 4.51. The second-order valence-corrected chi connectivity index (χ2v) is 9.30. The van der Waals surface area contributed by atoms with E-state index in [1.165, 1.54) is 18.2 Å². The molecule has 0 unspecified atom stereocenters. The van der Waals surface area contributed by atoms with Gasteiger partial charge in [0.1, 0.15) is 15.0 Å². The van der Waals surface area contributed by atoms with Crippen molar-refractivity contribution < 1.29 is 48.1 Å². The topological polar surface area (TPSA) is 159 Å². The van der Waals surface area contributed by atoms with E-state index in [0.29, 0.717) is 5.39 Å². The molecule has 4 rings (SSSR count). The number of hydrogen-bond donors (Lipinski definition) is 1. The van der Waals surface area contributed by atoms with Crippen LogP contribution in [0.2, 0.25) is 0 Å². The fourth-order valence-electron chi connectivity index (χ4n) is 3.24. The van der Waals surface area contributed by atoms with E-state index in [1.54, 1.807) is 30.3 Å². The molecule has 0 saturated carbocycles. The largest absolute Gasteiger partial charge is 2.00 e. The van der Waals surface area contributed by atoms with E-state index in [9.17, 15) is 31.0 Å². The molecule has 32 heavy (non-hydrogen) atoms. The standard InChI is InChI=1S/C20H14N2O7S2.Mn/c23-17-9-8-12-4-1-2-5-14(12)20(17)22-21-13-10-16-15(19(11-13)31(27,28)29)6-3-7-18(16)30(24,25)26;/h1-11,23H,(H,24,25,26)(H,27,28,29);/q;+2/p-2. The second kappa shape index (κ2) is 8.58. The van der Waals surface area contributed by atoms with Gasteiger partial charge in [0.15, 0.2) is 0 Å². The van der Waals surface area contributed by atoms with Crippen LogP contribution in [0.15, 0.2) is 86.7 Å². The summed E-state index contributed by atoms with van der Waals surface area (Å²) < 4.78 is 68.2. The number of benzene rings is 4. The monoisotopic (exact) mass is 511 g/mol. The minimum Gasteiger partial charge on any atom is -0.871 e. The Bertz CT molecular complexity index is 1600. The van der Waals surface area contributed by atoms with Crippen LogP contribution in [-0.4, -0.2) is 25.9 Å². The van der Waals surface area contributed by atoms with Gasteiger partial charge in [0.05, 0.1) is 16.3 Å². The molecule has 12 heteroatoms. The first-order valence-corrected chi connectivity index (χ1v) is 11.5. The molecule has 0 aliphatic rings. The molecule has 0 aromatic heterocycles. The van der Waals surface area contributed by atoms with E-state index in [-0.39, 0.29) is 39.2 Å². The molecule has 0 amide bonds. The fourth-order valence-corrected chi connectivity index (χ4v) is 4.65. The molecule has 1 N–H and O–H groups in total. The van der Waals surface area contributed by atoms with Crippen molar-refractivity contribution in [2.45, 2.75) is 9.79 Å². The van der Waals surface area contributed by atoms with E-state index < -0.39 is 35.8 Å². The van der Waals surface area contributed by atoms with E-state index >= 15 is 0 Å². The molecular weight excluding hydrogens is 499 g/mol. The Morgan fingerprint density at radius 2 is 1.44 bits per heavy atom. The summed E-state index contributed by atoms with van der Waals surface area (Å²) in [6.07, 6.45) is 0. The van der Waals surface area contributed by atoms with Crippen molar-refractivity contribution in [1.82, 2.24) is 0 Å². The average Bonchev–Trinajstić information content (AvgIpc) is 2.70. The van der Waals surface area contributed by atoms with Gasteiger partial charge in [-0.2, -0.15) is 18.6 Å². The minimum atomic E-state index is -4.96. The Labute approximate surface area is 193 Å². The molecule has 0 aliphatic carbocycles. The van der Waals surface area contributed by atoms with Crippen LogP contribution in [0.5, 0.6) is 5.75 Å². The maximum atomic E-state index is 12.3. The molecule has 1 radical (unpaired) electrons. The van der Waals surface area contributed by atoms with Gasteiger partial charge in [-0.25, -0.2) is 8.42 Å². The van der Waals surface area contributed by atoms with Crippen LogP contribution >= 0.6 is 0 Å². The van der Waals surface area contributed by atoms with Crippen LogP contribution in [0.25, 0.3) is 21.5 Å². The van der Waals surface area contributed by atoms with E-state index in [4.69, 9.17) is 0 Å². The van der Waals surface area contributed by atoms with Gasteiger partial charge < -0.3 is 9.66 Å². The molecule has 0 heterocycles. The van der Waals surface area contributed by atoms with Crippen LogP contribution in [0, 0.1) is 0 Å². The Balaban J connectivity index is 0.00000289. The Morgan fingerprint density at radius 1 is 0.750 bits per heavy atom. The third-order valence-electron chi connectivity index (χ3n) is 4.58. The molecule has 0 fully saturated rings. The van der Waals surface area contributed by atoms with Crippen molar-refractivity contribution in [2.24, 2.45) is 10.2 Å². The van der Waals surface area contributed by atoms with Crippen LogP contribution in [0.4, 0.5) is 11.4 Å². The summed E-state index contributed by atoms with van der Waals surface area (Å²) in [6, 6.07) is 15.4. The van der Waals surface area contributed by atoms with Crippen LogP contribution in [0.3, 0.4) is 0 Å². The smallest absolute Gasteiger partial charge is 0.871 e. The van der Waals surface area contributed by atoms with Gasteiger partial charge in [0.2, 0.25) is 0 Å². The van der Waals surface area contributed by atoms with E-state index in [2.05, 4.69) is 10.2 Å². The predicted octanol–water partition coefficient (Wildman–Crippen LogP) is 3.63. The van der Waals surface area contributed by atoms with Gasteiger partial charge in [-0.3, -0.25) is 4.55 Å². The number of fused-ring (bicyclic) bond motifs is 2. The summed E-state index contributed by atoms with van der Waals surface area (Å²) >= 11 is 0. The summed E-state index contributed by atoms with van der Waals surface area (Å²) in [5.74, 6) is -0.430. The molecule has 0 aliphatic heterocycles. The van der Waals surface area contributed by atoms with Crippen LogP contribution in [-0.2, 0) is 37.3 Å². The number of rotatable bonds is 4. The van der Waals surface area contributed by atoms with E-state index in [1.807, 2.05) is 0 Å². The molecule has 9 nitrogen and oxygen atoms in total. The summed E-state index contributed by atoms with van der Waals surface area (Å²) in [4.78, 5) is -1.33. The minimum absolute atomic E-state index is 0. The Morgan fingerprint density at radius 3 is 2.12 bits per heavy atom. The predicted molar refractivity (Wildman–Crippen MR) is 109 cm³/mol.